The Bertz CT molecular complexity index is 282. The molecule has 0 unspecified atom stereocenters. The molecule has 0 saturated carbocycles. The largest absolute Gasteiger partial charge is 0.330 e. The lowest BCUT2D eigenvalue weighted by Crippen LogP contribution is -2.34. The van der Waals surface area contributed by atoms with Gasteiger partial charge in [-0.25, -0.2) is 0 Å². The van der Waals surface area contributed by atoms with Gasteiger partial charge in [-0.2, -0.15) is 0 Å². The van der Waals surface area contributed by atoms with Crippen LogP contribution in [0.2, 0.25) is 0 Å². The van der Waals surface area contributed by atoms with Gasteiger partial charge < -0.3 is 10.3 Å². The van der Waals surface area contributed by atoms with Crippen molar-refractivity contribution >= 4 is 0 Å². The lowest BCUT2D eigenvalue weighted by Gasteiger charge is -2.26. The molecule has 2 rings (SSSR count). The van der Waals surface area contributed by atoms with Crippen molar-refractivity contribution in [3.05, 3.63) is 12.2 Å². The van der Waals surface area contributed by atoms with E-state index in [1.165, 1.54) is 6.42 Å². The van der Waals surface area contributed by atoms with Crippen molar-refractivity contribution in [1.82, 2.24) is 19.7 Å². The molecule has 0 bridgehead atoms. The average Bonchev–Trinajstić information content (AvgIpc) is 2.65. The highest BCUT2D eigenvalue weighted by atomic mass is 15.3. The van der Waals surface area contributed by atoms with Gasteiger partial charge in [0.25, 0.3) is 0 Å². The van der Waals surface area contributed by atoms with Gasteiger partial charge in [0.2, 0.25) is 0 Å². The smallest absolute Gasteiger partial charge is 0.147 e. The molecule has 5 heteroatoms. The molecular formula is C9H17N5. The Morgan fingerprint density at radius 2 is 2.29 bits per heavy atom. The Balaban J connectivity index is 1.82. The molecule has 0 saturated heterocycles. The van der Waals surface area contributed by atoms with Gasteiger partial charge in [0.1, 0.15) is 12.2 Å². The number of nitrogens with two attached hydrogens (primary N) is 1. The number of hydrogen-bond donors (Lipinski definition) is 1. The summed E-state index contributed by atoms with van der Waals surface area (Å²) in [5.41, 5.74) is 5.46. The molecule has 1 aliphatic heterocycles. The average molecular weight is 195 g/mol. The van der Waals surface area contributed by atoms with Gasteiger partial charge in [-0.3, -0.25) is 4.90 Å². The van der Waals surface area contributed by atoms with Crippen LogP contribution in [0.5, 0.6) is 0 Å². The van der Waals surface area contributed by atoms with Crippen LogP contribution in [0.1, 0.15) is 18.7 Å². The van der Waals surface area contributed by atoms with E-state index in [2.05, 4.69) is 19.7 Å². The number of fused-ring (bicyclic) bond motifs is 1. The SMILES string of the molecule is NCCCCN1CCn2cnnc2C1. The molecule has 0 fully saturated rings. The van der Waals surface area contributed by atoms with Gasteiger partial charge in [0.05, 0.1) is 6.54 Å². The second kappa shape index (κ2) is 4.52. The minimum Gasteiger partial charge on any atom is -0.330 e. The van der Waals surface area contributed by atoms with Crippen LogP contribution < -0.4 is 5.73 Å². The molecule has 0 atom stereocenters. The normalized spacial score (nSPS) is 16.9. The molecule has 14 heavy (non-hydrogen) atoms. The highest BCUT2D eigenvalue weighted by Crippen LogP contribution is 2.09. The first-order valence-corrected chi connectivity index (χ1v) is 5.19. The summed E-state index contributed by atoms with van der Waals surface area (Å²) in [5, 5.41) is 7.98. The third-order valence-electron chi connectivity index (χ3n) is 2.65. The molecule has 0 spiro atoms. The molecule has 2 heterocycles. The van der Waals surface area contributed by atoms with Crippen molar-refractivity contribution in [2.45, 2.75) is 25.9 Å². The van der Waals surface area contributed by atoms with Crippen LogP contribution in [-0.4, -0.2) is 39.3 Å². The highest BCUT2D eigenvalue weighted by molar-refractivity contribution is 4.89. The number of aromatic nitrogens is 3. The second-order valence-electron chi connectivity index (χ2n) is 3.71. The van der Waals surface area contributed by atoms with Crippen LogP contribution in [0.3, 0.4) is 0 Å². The highest BCUT2D eigenvalue weighted by Gasteiger charge is 2.16. The Morgan fingerprint density at radius 3 is 3.14 bits per heavy atom. The van der Waals surface area contributed by atoms with Gasteiger partial charge >= 0.3 is 0 Å². The van der Waals surface area contributed by atoms with Crippen molar-refractivity contribution in [2.75, 3.05) is 19.6 Å². The summed E-state index contributed by atoms with van der Waals surface area (Å²) in [6.45, 7) is 4.99. The van der Waals surface area contributed by atoms with Crippen LogP contribution in [-0.2, 0) is 13.1 Å². The fourth-order valence-corrected chi connectivity index (χ4v) is 1.79. The monoisotopic (exact) mass is 195 g/mol. The topological polar surface area (TPSA) is 60.0 Å². The van der Waals surface area contributed by atoms with Crippen LogP contribution in [0, 0.1) is 0 Å². The summed E-state index contributed by atoms with van der Waals surface area (Å²) in [6, 6.07) is 0. The van der Waals surface area contributed by atoms with E-state index in [1.807, 2.05) is 6.33 Å². The third kappa shape index (κ3) is 2.10. The van der Waals surface area contributed by atoms with Gasteiger partial charge in [0.15, 0.2) is 0 Å². The molecule has 5 nitrogen and oxygen atoms in total. The molecule has 0 aromatic carbocycles. The Kier molecular flexibility index (Phi) is 3.10. The summed E-state index contributed by atoms with van der Waals surface area (Å²) >= 11 is 0. The first-order chi connectivity index (χ1) is 6.90. The van der Waals surface area contributed by atoms with E-state index in [0.29, 0.717) is 0 Å². The van der Waals surface area contributed by atoms with Crippen molar-refractivity contribution < 1.29 is 0 Å². The molecule has 1 aromatic heterocycles. The molecule has 0 radical (unpaired) electrons. The summed E-state index contributed by atoms with van der Waals surface area (Å²) in [4.78, 5) is 2.42. The molecule has 1 aromatic rings. The zero-order chi connectivity index (χ0) is 9.80. The molecule has 0 amide bonds. The summed E-state index contributed by atoms with van der Waals surface area (Å²) in [5.74, 6) is 1.09. The van der Waals surface area contributed by atoms with Crippen LogP contribution in [0.15, 0.2) is 6.33 Å². The first kappa shape index (κ1) is 9.61. The zero-order valence-corrected chi connectivity index (χ0v) is 8.39. The van der Waals surface area contributed by atoms with Crippen molar-refractivity contribution in [1.29, 1.82) is 0 Å². The van der Waals surface area contributed by atoms with E-state index in [-0.39, 0.29) is 0 Å². The van der Waals surface area contributed by atoms with Crippen molar-refractivity contribution in [3.63, 3.8) is 0 Å². The predicted molar refractivity (Wildman–Crippen MR) is 53.6 cm³/mol. The van der Waals surface area contributed by atoms with E-state index in [9.17, 15) is 0 Å². The first-order valence-electron chi connectivity index (χ1n) is 5.19. The lowest BCUT2D eigenvalue weighted by atomic mass is 10.2. The minimum atomic E-state index is 0.796. The predicted octanol–water partition coefficient (Wildman–Crippen LogP) is -0.167. The van der Waals surface area contributed by atoms with Gasteiger partial charge in [-0.15, -0.1) is 10.2 Å². The summed E-state index contributed by atoms with van der Waals surface area (Å²) < 4.78 is 2.12. The van der Waals surface area contributed by atoms with E-state index >= 15 is 0 Å². The Hall–Kier alpha value is -0.940. The lowest BCUT2D eigenvalue weighted by molar-refractivity contribution is 0.213. The molecule has 1 aliphatic rings. The van der Waals surface area contributed by atoms with E-state index in [4.69, 9.17) is 5.73 Å². The van der Waals surface area contributed by atoms with Crippen LogP contribution in [0.25, 0.3) is 0 Å². The van der Waals surface area contributed by atoms with Gasteiger partial charge in [-0.05, 0) is 25.9 Å². The van der Waals surface area contributed by atoms with Crippen molar-refractivity contribution in [3.8, 4) is 0 Å². The number of rotatable bonds is 4. The molecule has 2 N–H and O–H groups in total. The Labute approximate surface area is 83.9 Å². The Morgan fingerprint density at radius 1 is 1.36 bits per heavy atom. The van der Waals surface area contributed by atoms with E-state index in [0.717, 1.165) is 45.0 Å². The number of nitrogens with zero attached hydrogens (tertiary/aromatic N) is 4. The van der Waals surface area contributed by atoms with E-state index < -0.39 is 0 Å². The minimum absolute atomic E-state index is 0.796. The van der Waals surface area contributed by atoms with Crippen molar-refractivity contribution in [2.24, 2.45) is 5.73 Å². The van der Waals surface area contributed by atoms with Crippen LogP contribution >= 0.6 is 0 Å². The molecule has 0 aliphatic carbocycles. The quantitative estimate of drug-likeness (QED) is 0.678. The van der Waals surface area contributed by atoms with Crippen LogP contribution in [0.4, 0.5) is 0 Å². The van der Waals surface area contributed by atoms with E-state index in [1.54, 1.807) is 0 Å². The summed E-state index contributed by atoms with van der Waals surface area (Å²) in [6.07, 6.45) is 4.11. The molecular weight excluding hydrogens is 178 g/mol. The fourth-order valence-electron chi connectivity index (χ4n) is 1.79. The number of unbranched alkanes of at least 4 members (excludes halogenated alkanes) is 1. The maximum atomic E-state index is 5.46. The maximum absolute atomic E-state index is 5.46. The maximum Gasteiger partial charge on any atom is 0.147 e. The fraction of sp³-hybridized carbons (Fsp3) is 0.778. The number of hydrogen-bond acceptors (Lipinski definition) is 4. The van der Waals surface area contributed by atoms with Gasteiger partial charge in [0, 0.05) is 13.1 Å². The molecule has 78 valence electrons. The third-order valence-corrected chi connectivity index (χ3v) is 2.65. The second-order valence-corrected chi connectivity index (χ2v) is 3.71. The summed E-state index contributed by atoms with van der Waals surface area (Å²) in [7, 11) is 0. The van der Waals surface area contributed by atoms with Gasteiger partial charge in [-0.1, -0.05) is 0 Å². The zero-order valence-electron chi connectivity index (χ0n) is 8.39. The standard InChI is InChI=1S/C9H17N5/c10-3-1-2-4-13-5-6-14-8-11-12-9(14)7-13/h8H,1-7,10H2.